The Morgan fingerprint density at radius 3 is 3.18 bits per heavy atom. The van der Waals surface area contributed by atoms with Gasteiger partial charge in [0.25, 0.3) is 0 Å². The van der Waals surface area contributed by atoms with Crippen LogP contribution in [-0.4, -0.2) is 31.6 Å². The minimum atomic E-state index is -0.658. The van der Waals surface area contributed by atoms with Crippen molar-refractivity contribution in [3.63, 3.8) is 0 Å². The molecule has 0 amide bonds. The summed E-state index contributed by atoms with van der Waals surface area (Å²) in [6.45, 7) is 0. The Labute approximate surface area is 72.4 Å². The van der Waals surface area contributed by atoms with Crippen LogP contribution in [0.3, 0.4) is 0 Å². The van der Waals surface area contributed by atoms with Crippen molar-refractivity contribution in [3.8, 4) is 0 Å². The first-order valence-electron chi connectivity index (χ1n) is 3.50. The highest BCUT2D eigenvalue weighted by Gasteiger charge is 2.70. The molecule has 0 bridgehead atoms. The molecule has 2 nitrogen and oxygen atoms in total. The number of carbonyl (C=O) groups is 1. The lowest BCUT2D eigenvalue weighted by atomic mass is 9.96. The van der Waals surface area contributed by atoms with E-state index in [1.54, 1.807) is 11.8 Å². The van der Waals surface area contributed by atoms with Crippen molar-refractivity contribution in [2.75, 3.05) is 0 Å². The molecule has 1 N–H and O–H groups in total. The summed E-state index contributed by atoms with van der Waals surface area (Å²) in [5, 5.41) is 10.5. The second-order valence-corrected chi connectivity index (χ2v) is 5.84. The first-order valence-corrected chi connectivity index (χ1v) is 5.32. The lowest BCUT2D eigenvalue weighted by Gasteiger charge is -2.05. The zero-order chi connectivity index (χ0) is 7.64. The molecule has 3 rings (SSSR count). The van der Waals surface area contributed by atoms with E-state index in [0.717, 1.165) is 0 Å². The molecule has 2 fully saturated rings. The van der Waals surface area contributed by atoms with Crippen molar-refractivity contribution >= 4 is 29.5 Å². The number of rotatable bonds is 1. The third-order valence-corrected chi connectivity index (χ3v) is 5.54. The Bertz CT molecular complexity index is 276. The van der Waals surface area contributed by atoms with Crippen LogP contribution in [0.1, 0.15) is 0 Å². The second-order valence-electron chi connectivity index (χ2n) is 3.06. The van der Waals surface area contributed by atoms with E-state index in [9.17, 15) is 4.79 Å². The van der Waals surface area contributed by atoms with Gasteiger partial charge in [-0.15, -0.1) is 23.5 Å². The lowest BCUT2D eigenvalue weighted by molar-refractivity contribution is -0.137. The number of thioether (sulfide) groups is 2. The van der Waals surface area contributed by atoms with E-state index in [4.69, 9.17) is 5.11 Å². The van der Waals surface area contributed by atoms with Gasteiger partial charge in [0.2, 0.25) is 0 Å². The summed E-state index contributed by atoms with van der Waals surface area (Å²) in [7, 11) is 0. The molecule has 0 aromatic rings. The fraction of sp³-hybridized carbons (Fsp3) is 0.571. The van der Waals surface area contributed by atoms with Crippen molar-refractivity contribution in [3.05, 3.63) is 12.2 Å². The van der Waals surface area contributed by atoms with Crippen LogP contribution in [0, 0.1) is 0 Å². The van der Waals surface area contributed by atoms with E-state index in [1.165, 1.54) is 0 Å². The molecule has 4 heteroatoms. The Morgan fingerprint density at radius 1 is 1.64 bits per heavy atom. The average molecular weight is 186 g/mol. The largest absolute Gasteiger partial charge is 0.480 e. The molecular formula is C7H6O2S2. The van der Waals surface area contributed by atoms with Gasteiger partial charge in [0, 0.05) is 15.7 Å². The van der Waals surface area contributed by atoms with Crippen LogP contribution in [0.2, 0.25) is 0 Å². The zero-order valence-electron chi connectivity index (χ0n) is 5.56. The maximum Gasteiger partial charge on any atom is 0.324 e. The third kappa shape index (κ3) is 0.649. The van der Waals surface area contributed by atoms with Crippen LogP contribution < -0.4 is 0 Å². The van der Waals surface area contributed by atoms with Gasteiger partial charge in [0.05, 0.1) is 0 Å². The van der Waals surface area contributed by atoms with Crippen molar-refractivity contribution in [1.82, 2.24) is 0 Å². The van der Waals surface area contributed by atoms with E-state index in [1.807, 2.05) is 17.8 Å². The zero-order valence-corrected chi connectivity index (χ0v) is 7.19. The van der Waals surface area contributed by atoms with Gasteiger partial charge in [-0.1, -0.05) is 12.2 Å². The Kier molecular flexibility index (Phi) is 0.958. The highest BCUT2D eigenvalue weighted by Crippen LogP contribution is 2.68. The lowest BCUT2D eigenvalue weighted by Crippen LogP contribution is -2.28. The van der Waals surface area contributed by atoms with Gasteiger partial charge >= 0.3 is 5.97 Å². The number of aliphatic carboxylic acids is 1. The molecular weight excluding hydrogens is 180 g/mol. The SMILES string of the molecule is O=C(O)C12C=CC3SC3C1S2. The molecule has 0 spiro atoms. The van der Waals surface area contributed by atoms with E-state index in [2.05, 4.69) is 6.08 Å². The Hall–Kier alpha value is -0.0900. The summed E-state index contributed by atoms with van der Waals surface area (Å²) in [6, 6.07) is 0. The van der Waals surface area contributed by atoms with Crippen molar-refractivity contribution < 1.29 is 9.90 Å². The summed E-state index contributed by atoms with van der Waals surface area (Å²) in [5.41, 5.74) is 0. The van der Waals surface area contributed by atoms with Gasteiger partial charge in [-0.05, 0) is 0 Å². The van der Waals surface area contributed by atoms with E-state index < -0.39 is 10.7 Å². The van der Waals surface area contributed by atoms with Gasteiger partial charge in [0.1, 0.15) is 4.75 Å². The fourth-order valence-corrected chi connectivity index (χ4v) is 4.47. The van der Waals surface area contributed by atoms with Crippen molar-refractivity contribution in [1.29, 1.82) is 0 Å². The highest BCUT2D eigenvalue weighted by molar-refractivity contribution is 8.14. The highest BCUT2D eigenvalue weighted by atomic mass is 32.2. The molecule has 0 radical (unpaired) electrons. The Balaban J connectivity index is 1.99. The maximum absolute atomic E-state index is 10.8. The number of carboxylic acid groups (broad SMARTS) is 1. The normalized spacial score (nSPS) is 56.2. The van der Waals surface area contributed by atoms with E-state index >= 15 is 0 Å². The molecule has 11 heavy (non-hydrogen) atoms. The van der Waals surface area contributed by atoms with Crippen LogP contribution >= 0.6 is 23.5 Å². The van der Waals surface area contributed by atoms with Gasteiger partial charge < -0.3 is 5.11 Å². The first kappa shape index (κ1) is 6.43. The summed E-state index contributed by atoms with van der Waals surface area (Å²) in [4.78, 5) is 10.8. The van der Waals surface area contributed by atoms with Crippen molar-refractivity contribution in [2.45, 2.75) is 20.5 Å². The molecule has 2 heterocycles. The standard InChI is InChI=1S/C7H6O2S2/c8-6(9)7-2-1-3-4(10-3)5(7)11-7/h1-5H,(H,8,9). The molecule has 3 aliphatic rings. The van der Waals surface area contributed by atoms with E-state index in [-0.39, 0.29) is 0 Å². The number of hydrogen-bond acceptors (Lipinski definition) is 3. The van der Waals surface area contributed by atoms with Gasteiger partial charge in [-0.25, -0.2) is 0 Å². The minimum Gasteiger partial charge on any atom is -0.480 e. The summed E-state index contributed by atoms with van der Waals surface area (Å²) in [6.07, 6.45) is 3.94. The second kappa shape index (κ2) is 1.64. The van der Waals surface area contributed by atoms with Crippen LogP contribution in [0.25, 0.3) is 0 Å². The van der Waals surface area contributed by atoms with Gasteiger partial charge in [-0.2, -0.15) is 0 Å². The van der Waals surface area contributed by atoms with Gasteiger partial charge in [-0.3, -0.25) is 4.79 Å². The molecule has 2 aliphatic heterocycles. The number of fused-ring (bicyclic) bond motifs is 3. The molecule has 0 aromatic carbocycles. The molecule has 2 saturated heterocycles. The van der Waals surface area contributed by atoms with Crippen LogP contribution in [0.15, 0.2) is 12.2 Å². The van der Waals surface area contributed by atoms with Crippen LogP contribution in [0.5, 0.6) is 0 Å². The predicted octanol–water partition coefficient (Wildman–Crippen LogP) is 0.979. The molecule has 58 valence electrons. The van der Waals surface area contributed by atoms with Crippen LogP contribution in [0.4, 0.5) is 0 Å². The summed E-state index contributed by atoms with van der Waals surface area (Å²) in [5.74, 6) is -0.658. The molecule has 1 aliphatic carbocycles. The smallest absolute Gasteiger partial charge is 0.324 e. The first-order chi connectivity index (χ1) is 5.24. The maximum atomic E-state index is 10.8. The molecule has 4 atom stereocenters. The average Bonchev–Trinajstić information content (AvgIpc) is 2.81. The minimum absolute atomic E-state index is 0.375. The van der Waals surface area contributed by atoms with Gasteiger partial charge in [0.15, 0.2) is 0 Å². The van der Waals surface area contributed by atoms with E-state index in [0.29, 0.717) is 15.7 Å². The predicted molar refractivity (Wildman–Crippen MR) is 46.1 cm³/mol. The molecule has 0 saturated carbocycles. The number of hydrogen-bond donors (Lipinski definition) is 1. The topological polar surface area (TPSA) is 37.3 Å². The quantitative estimate of drug-likeness (QED) is 0.489. The molecule has 4 unspecified atom stereocenters. The Morgan fingerprint density at radius 2 is 2.45 bits per heavy atom. The molecule has 0 aromatic heterocycles. The monoisotopic (exact) mass is 186 g/mol. The van der Waals surface area contributed by atoms with Crippen molar-refractivity contribution in [2.24, 2.45) is 0 Å². The fourth-order valence-electron chi connectivity index (χ4n) is 1.64. The summed E-state index contributed by atoms with van der Waals surface area (Å²) < 4.78 is -0.509. The van der Waals surface area contributed by atoms with Crippen LogP contribution in [-0.2, 0) is 4.79 Å². The number of carboxylic acids is 1. The third-order valence-electron chi connectivity index (χ3n) is 2.42. The summed E-state index contributed by atoms with van der Waals surface area (Å²) >= 11 is 3.49.